The highest BCUT2D eigenvalue weighted by atomic mass is 28.3. The molecular formula is C64H57N3OSi+2. The van der Waals surface area contributed by atoms with Gasteiger partial charge in [0.25, 0.3) is 0 Å². The third-order valence-electron chi connectivity index (χ3n) is 16.3. The zero-order valence-corrected chi connectivity index (χ0v) is 41.7. The van der Waals surface area contributed by atoms with Gasteiger partial charge >= 0.3 is 5.65 Å². The van der Waals surface area contributed by atoms with Crippen LogP contribution in [-0.4, -0.2) is 12.6 Å². The van der Waals surface area contributed by atoms with Gasteiger partial charge in [-0.05, 0) is 100 Å². The zero-order valence-electron chi connectivity index (χ0n) is 40.7. The quantitative estimate of drug-likeness (QED) is 0.125. The van der Waals surface area contributed by atoms with E-state index < -0.39 is 8.07 Å². The molecular weight excluding hydrogens is 855 g/mol. The van der Waals surface area contributed by atoms with E-state index in [0.717, 1.165) is 30.4 Å². The second-order valence-corrected chi connectivity index (χ2v) is 27.0. The van der Waals surface area contributed by atoms with E-state index in [9.17, 15) is 0 Å². The van der Waals surface area contributed by atoms with Gasteiger partial charge in [0, 0.05) is 49.3 Å². The van der Waals surface area contributed by atoms with Crippen LogP contribution in [0, 0.1) is 0 Å². The molecule has 6 aromatic carbocycles. The maximum atomic E-state index is 7.64. The molecule has 4 aliphatic rings. The number of furan rings is 1. The number of hydrogen-bond donors (Lipinski definition) is 0. The van der Waals surface area contributed by atoms with Crippen molar-refractivity contribution in [2.45, 2.75) is 90.4 Å². The van der Waals surface area contributed by atoms with Gasteiger partial charge in [-0.25, -0.2) is 0 Å². The summed E-state index contributed by atoms with van der Waals surface area (Å²) in [6.07, 6.45) is 14.6. The summed E-state index contributed by atoms with van der Waals surface area (Å²) in [6, 6.07) is 49.1. The molecule has 0 radical (unpaired) electrons. The summed E-state index contributed by atoms with van der Waals surface area (Å²) >= 11 is 0. The second kappa shape index (κ2) is 14.7. The first-order valence-corrected chi connectivity index (χ1v) is 28.8. The minimum atomic E-state index is -1.64. The monoisotopic (exact) mass is 911 g/mol. The summed E-state index contributed by atoms with van der Waals surface area (Å²) in [6.45, 7) is 16.9. The van der Waals surface area contributed by atoms with E-state index in [0.29, 0.717) is 0 Å². The van der Waals surface area contributed by atoms with Crippen molar-refractivity contribution in [3.05, 3.63) is 196 Å². The number of imidazole rings is 1. The van der Waals surface area contributed by atoms with Crippen LogP contribution < -0.4 is 24.6 Å². The molecule has 5 heterocycles. The van der Waals surface area contributed by atoms with Crippen LogP contribution in [0.5, 0.6) is 0 Å². The van der Waals surface area contributed by atoms with Gasteiger partial charge in [0.05, 0.1) is 26.0 Å². The fraction of sp³-hybridized carbons (Fsp3) is 0.219. The van der Waals surface area contributed by atoms with Gasteiger partial charge < -0.3 is 4.42 Å². The maximum absolute atomic E-state index is 7.64. The lowest BCUT2D eigenvalue weighted by Crippen LogP contribution is -2.52. The summed E-state index contributed by atoms with van der Waals surface area (Å²) in [5.41, 5.74) is 21.9. The minimum absolute atomic E-state index is 0.151. The van der Waals surface area contributed by atoms with Crippen LogP contribution in [0.25, 0.3) is 89.1 Å². The highest BCUT2D eigenvalue weighted by Crippen LogP contribution is 2.53. The Hall–Kier alpha value is -7.08. The first kappa shape index (κ1) is 40.9. The zero-order chi connectivity index (χ0) is 46.6. The normalized spacial score (nSPS) is 17.1. The van der Waals surface area contributed by atoms with Crippen molar-refractivity contribution >= 4 is 74.3 Å². The molecule has 3 aliphatic carbocycles. The van der Waals surface area contributed by atoms with E-state index in [2.05, 4.69) is 219 Å². The third-order valence-corrected chi connectivity index (χ3v) is 18.4. The highest BCUT2D eigenvalue weighted by molar-refractivity contribution is 6.88. The Morgan fingerprint density at radius 1 is 0.710 bits per heavy atom. The second-order valence-electron chi connectivity index (χ2n) is 21.9. The standard InChI is InChI=1S/C64H57N3OSi/c1-37(2)51-33-41(39-17-9-8-10-18-39)34-52(38(3)4)61(51)67-55-24-16-15-23-54(55)66-57-35-56-58(46-22-14-13-21-45(46)53-32-26-42(36-65(53)56)69(5,6)7)59(57)50-31-30-49-48-29-28-44-43-20-12-11-19-40(43)25-27-47(44)62(48)68-63(49)60(50)64(66)67/h8-19,21-24,26-34,36-38,56,58H,20,25,35H2,1-7H3/q+2. The van der Waals surface area contributed by atoms with Crippen LogP contribution in [0.2, 0.25) is 19.6 Å². The van der Waals surface area contributed by atoms with Crippen LogP contribution in [0.15, 0.2) is 162 Å². The van der Waals surface area contributed by atoms with Gasteiger partial charge in [-0.3, -0.25) is 0 Å². The molecule has 2 unspecified atom stereocenters. The predicted molar refractivity (Wildman–Crippen MR) is 288 cm³/mol. The van der Waals surface area contributed by atoms with Crippen LogP contribution in [0.4, 0.5) is 0 Å². The van der Waals surface area contributed by atoms with Crippen LogP contribution in [0.1, 0.15) is 92.3 Å². The molecule has 1 aliphatic heterocycles. The Labute approximate surface area is 404 Å². The summed E-state index contributed by atoms with van der Waals surface area (Å²) in [5.74, 6) is 0.670. The Morgan fingerprint density at radius 3 is 2.23 bits per heavy atom. The van der Waals surface area contributed by atoms with E-state index >= 15 is 0 Å². The molecule has 0 amide bonds. The van der Waals surface area contributed by atoms with Gasteiger partial charge in [0.1, 0.15) is 22.4 Å². The molecule has 4 aromatic heterocycles. The molecule has 0 saturated heterocycles. The molecule has 0 fully saturated rings. The van der Waals surface area contributed by atoms with Crippen molar-refractivity contribution in [2.24, 2.45) is 0 Å². The average Bonchev–Trinajstić information content (AvgIpc) is 4.06. The molecule has 14 rings (SSSR count). The molecule has 0 spiro atoms. The largest absolute Gasteiger partial charge is 0.454 e. The van der Waals surface area contributed by atoms with Gasteiger partial charge in [0.15, 0.2) is 28.9 Å². The molecule has 10 aromatic rings. The number of pyridine rings is 2. The lowest BCUT2D eigenvalue weighted by molar-refractivity contribution is -0.715. The topological polar surface area (TPSA) is 26.1 Å². The first-order chi connectivity index (χ1) is 33.5. The van der Waals surface area contributed by atoms with E-state index in [-0.39, 0.29) is 23.8 Å². The van der Waals surface area contributed by atoms with Crippen molar-refractivity contribution in [3.63, 3.8) is 0 Å². The highest BCUT2D eigenvalue weighted by Gasteiger charge is 2.51. The number of fused-ring (bicyclic) bond motifs is 22. The smallest absolute Gasteiger partial charge is 0.304 e. The fourth-order valence-corrected chi connectivity index (χ4v) is 14.2. The average molecular weight is 912 g/mol. The number of hydrogen-bond acceptors (Lipinski definition) is 1. The summed E-state index contributed by atoms with van der Waals surface area (Å²) < 4.78 is 15.7. The number of nitrogens with zero attached hydrogens (tertiary/aromatic N) is 3. The molecule has 0 saturated carbocycles. The van der Waals surface area contributed by atoms with Crippen LogP contribution in [-0.2, 0) is 6.42 Å². The van der Waals surface area contributed by atoms with E-state index in [1.54, 1.807) is 0 Å². The van der Waals surface area contributed by atoms with Crippen LogP contribution in [0.3, 0.4) is 0 Å². The number of rotatable bonds is 5. The predicted octanol–water partition coefficient (Wildman–Crippen LogP) is 13.3. The van der Waals surface area contributed by atoms with Gasteiger partial charge in [-0.2, -0.15) is 13.5 Å². The van der Waals surface area contributed by atoms with Gasteiger partial charge in [-0.1, -0.05) is 151 Å². The van der Waals surface area contributed by atoms with Gasteiger partial charge in [0.2, 0.25) is 5.69 Å². The van der Waals surface area contributed by atoms with E-state index in [4.69, 9.17) is 4.42 Å². The summed E-state index contributed by atoms with van der Waals surface area (Å²) in [4.78, 5) is 0. The fourth-order valence-electron chi connectivity index (χ4n) is 13.1. The maximum Gasteiger partial charge on any atom is 0.304 e. The Balaban J connectivity index is 1.18. The van der Waals surface area contributed by atoms with Crippen molar-refractivity contribution in [2.75, 3.05) is 0 Å². The van der Waals surface area contributed by atoms with Crippen molar-refractivity contribution in [1.29, 1.82) is 0 Å². The summed E-state index contributed by atoms with van der Waals surface area (Å²) in [5, 5.41) is 8.88. The number of aromatic nitrogens is 3. The van der Waals surface area contributed by atoms with Crippen molar-refractivity contribution in [3.8, 4) is 28.1 Å². The molecule has 5 heteroatoms. The molecule has 4 nitrogen and oxygen atoms in total. The molecule has 0 N–H and O–H groups in total. The van der Waals surface area contributed by atoms with E-state index in [1.807, 2.05) is 0 Å². The number of benzene rings is 6. The van der Waals surface area contributed by atoms with E-state index in [1.165, 1.54) is 121 Å². The molecule has 336 valence electrons. The first-order valence-electron chi connectivity index (χ1n) is 25.3. The lowest BCUT2D eigenvalue weighted by Gasteiger charge is -2.27. The SMILES string of the molecule is CC(C)c1cc(-c2ccccc2)cc(C(C)C)c1-n1c2ccccc2[n+]2c3c(c4ccc5c6ccc7c(c6oc5c4c12)=CCC1=CC=CCC=71)C1c2ccccc2-c2ccc([Si](C)(C)C)c[n+]2C1C3. The number of para-hydroxylation sites is 2. The Morgan fingerprint density at radius 2 is 1.43 bits per heavy atom. The van der Waals surface area contributed by atoms with Crippen molar-refractivity contribution in [1.82, 2.24) is 4.57 Å². The Kier molecular flexibility index (Phi) is 8.73. The van der Waals surface area contributed by atoms with Crippen LogP contribution >= 0.6 is 0 Å². The number of allylic oxidation sites excluding steroid dienone is 4. The molecule has 69 heavy (non-hydrogen) atoms. The lowest BCUT2D eigenvalue weighted by atomic mass is 9.81. The Bertz CT molecular complexity index is 4070. The minimum Gasteiger partial charge on any atom is -0.454 e. The third kappa shape index (κ3) is 5.74. The molecule has 2 atom stereocenters. The molecule has 0 bridgehead atoms. The van der Waals surface area contributed by atoms with Crippen molar-refractivity contribution < 1.29 is 13.4 Å². The van der Waals surface area contributed by atoms with Gasteiger partial charge in [-0.15, -0.1) is 0 Å². The summed E-state index contributed by atoms with van der Waals surface area (Å²) in [7, 11) is -1.64.